The SMILES string of the molecule is Cc1ccc(C=CC(=O)NC2C3CCC(C3)C2C(=O)O)s1. The van der Waals surface area contributed by atoms with E-state index in [1.54, 1.807) is 17.4 Å². The summed E-state index contributed by atoms with van der Waals surface area (Å²) in [4.78, 5) is 25.7. The lowest BCUT2D eigenvalue weighted by atomic mass is 9.84. The molecule has 0 aliphatic heterocycles. The Balaban J connectivity index is 1.64. The number of nitrogens with one attached hydrogen (secondary N) is 1. The minimum absolute atomic E-state index is 0.190. The molecule has 0 spiro atoms. The number of hydrogen-bond acceptors (Lipinski definition) is 3. The van der Waals surface area contributed by atoms with Crippen molar-refractivity contribution in [1.29, 1.82) is 0 Å². The molecule has 4 atom stereocenters. The number of fused-ring (bicyclic) bond motifs is 2. The van der Waals surface area contributed by atoms with E-state index in [0.29, 0.717) is 5.92 Å². The average Bonchev–Trinajstić information content (AvgIpc) is 3.11. The molecule has 3 rings (SSSR count). The maximum atomic E-state index is 12.0. The average molecular weight is 305 g/mol. The third-order valence-electron chi connectivity index (χ3n) is 4.67. The van der Waals surface area contributed by atoms with E-state index < -0.39 is 11.9 Å². The summed E-state index contributed by atoms with van der Waals surface area (Å²) in [5.74, 6) is -0.806. The predicted octanol–water partition coefficient (Wildman–Crippen LogP) is 2.69. The summed E-state index contributed by atoms with van der Waals surface area (Å²) in [6.07, 6.45) is 6.26. The normalized spacial score (nSPS) is 30.9. The highest BCUT2D eigenvalue weighted by Crippen LogP contribution is 2.48. The van der Waals surface area contributed by atoms with Gasteiger partial charge in [0, 0.05) is 21.9 Å². The van der Waals surface area contributed by atoms with Crippen molar-refractivity contribution >= 4 is 29.3 Å². The molecule has 4 nitrogen and oxygen atoms in total. The van der Waals surface area contributed by atoms with E-state index in [1.807, 2.05) is 19.1 Å². The van der Waals surface area contributed by atoms with Crippen molar-refractivity contribution in [2.75, 3.05) is 0 Å². The Labute approximate surface area is 127 Å². The van der Waals surface area contributed by atoms with Crippen LogP contribution in [0.2, 0.25) is 0 Å². The zero-order valence-corrected chi connectivity index (χ0v) is 12.7. The second-order valence-corrected chi connectivity index (χ2v) is 7.33. The largest absolute Gasteiger partial charge is 0.481 e. The van der Waals surface area contributed by atoms with Crippen LogP contribution < -0.4 is 5.32 Å². The van der Waals surface area contributed by atoms with Crippen LogP contribution in [-0.4, -0.2) is 23.0 Å². The molecular weight excluding hydrogens is 286 g/mol. The van der Waals surface area contributed by atoms with Gasteiger partial charge in [0.1, 0.15) is 0 Å². The van der Waals surface area contributed by atoms with Gasteiger partial charge in [-0.15, -0.1) is 11.3 Å². The van der Waals surface area contributed by atoms with Gasteiger partial charge < -0.3 is 10.4 Å². The monoisotopic (exact) mass is 305 g/mol. The number of hydrogen-bond donors (Lipinski definition) is 2. The first-order valence-electron chi connectivity index (χ1n) is 7.32. The van der Waals surface area contributed by atoms with Gasteiger partial charge in [0.15, 0.2) is 0 Å². The summed E-state index contributed by atoms with van der Waals surface area (Å²) in [6, 6.07) is 3.78. The van der Waals surface area contributed by atoms with E-state index in [0.717, 1.165) is 24.1 Å². The second kappa shape index (κ2) is 5.64. The van der Waals surface area contributed by atoms with Crippen molar-refractivity contribution in [3.8, 4) is 0 Å². The molecule has 2 bridgehead atoms. The van der Waals surface area contributed by atoms with Crippen LogP contribution in [0.5, 0.6) is 0 Å². The van der Waals surface area contributed by atoms with Crippen LogP contribution in [0, 0.1) is 24.7 Å². The molecule has 4 unspecified atom stereocenters. The molecule has 2 N–H and O–H groups in total. The molecule has 21 heavy (non-hydrogen) atoms. The lowest BCUT2D eigenvalue weighted by Crippen LogP contribution is -2.46. The second-order valence-electron chi connectivity index (χ2n) is 6.01. The number of carboxylic acid groups (broad SMARTS) is 1. The van der Waals surface area contributed by atoms with Crippen molar-refractivity contribution in [1.82, 2.24) is 5.32 Å². The van der Waals surface area contributed by atoms with E-state index in [4.69, 9.17) is 0 Å². The molecule has 0 saturated heterocycles. The molecule has 1 aromatic rings. The highest BCUT2D eigenvalue weighted by Gasteiger charge is 2.51. The van der Waals surface area contributed by atoms with Gasteiger partial charge >= 0.3 is 5.97 Å². The zero-order chi connectivity index (χ0) is 15.0. The molecule has 5 heteroatoms. The molecule has 2 aliphatic rings. The summed E-state index contributed by atoms with van der Waals surface area (Å²) in [7, 11) is 0. The maximum absolute atomic E-state index is 12.0. The van der Waals surface area contributed by atoms with Gasteiger partial charge in [0.2, 0.25) is 5.91 Å². The molecule has 0 aromatic carbocycles. The molecule has 0 radical (unpaired) electrons. The molecule has 1 heterocycles. The highest BCUT2D eigenvalue weighted by molar-refractivity contribution is 7.12. The van der Waals surface area contributed by atoms with E-state index >= 15 is 0 Å². The fourth-order valence-corrected chi connectivity index (χ4v) is 4.55. The van der Waals surface area contributed by atoms with Crippen LogP contribution in [-0.2, 0) is 9.59 Å². The number of carbonyl (C=O) groups excluding carboxylic acids is 1. The third kappa shape index (κ3) is 2.88. The Bertz CT molecular complexity index is 592. The standard InChI is InChI=1S/C16H19NO3S/c1-9-2-5-12(21-9)6-7-13(18)17-15-11-4-3-10(8-11)14(15)16(19)20/h2,5-7,10-11,14-15H,3-4,8H2,1H3,(H,17,18)(H,19,20). The zero-order valence-electron chi connectivity index (χ0n) is 11.9. The first-order valence-corrected chi connectivity index (χ1v) is 8.14. The van der Waals surface area contributed by atoms with Gasteiger partial charge in [0.05, 0.1) is 5.92 Å². The third-order valence-corrected chi connectivity index (χ3v) is 5.64. The molecule has 2 aliphatic carbocycles. The van der Waals surface area contributed by atoms with E-state index in [2.05, 4.69) is 5.32 Å². The number of amides is 1. The highest BCUT2D eigenvalue weighted by atomic mass is 32.1. The van der Waals surface area contributed by atoms with Crippen molar-refractivity contribution in [2.24, 2.45) is 17.8 Å². The van der Waals surface area contributed by atoms with Gasteiger partial charge in [-0.2, -0.15) is 0 Å². The van der Waals surface area contributed by atoms with E-state index in [1.165, 1.54) is 11.0 Å². The van der Waals surface area contributed by atoms with Crippen LogP contribution >= 0.6 is 11.3 Å². The summed E-state index contributed by atoms with van der Waals surface area (Å²) in [5, 5.41) is 12.3. The molecule has 2 saturated carbocycles. The fraction of sp³-hybridized carbons (Fsp3) is 0.500. The molecule has 1 aromatic heterocycles. The van der Waals surface area contributed by atoms with E-state index in [9.17, 15) is 14.7 Å². The number of rotatable bonds is 4. The Kier molecular flexibility index (Phi) is 3.85. The van der Waals surface area contributed by atoms with Crippen molar-refractivity contribution in [3.05, 3.63) is 28.0 Å². The van der Waals surface area contributed by atoms with Crippen molar-refractivity contribution in [3.63, 3.8) is 0 Å². The Morgan fingerprint density at radius 2 is 2.10 bits per heavy atom. The number of aryl methyl sites for hydroxylation is 1. The minimum Gasteiger partial charge on any atom is -0.481 e. The van der Waals surface area contributed by atoms with Crippen molar-refractivity contribution < 1.29 is 14.7 Å². The van der Waals surface area contributed by atoms with E-state index in [-0.39, 0.29) is 17.9 Å². The fourth-order valence-electron chi connectivity index (χ4n) is 3.77. The summed E-state index contributed by atoms with van der Waals surface area (Å²) in [5.41, 5.74) is 0. The topological polar surface area (TPSA) is 66.4 Å². The first kappa shape index (κ1) is 14.3. The molecule has 2 fully saturated rings. The Morgan fingerprint density at radius 3 is 2.76 bits per heavy atom. The Hall–Kier alpha value is -1.62. The number of carboxylic acids is 1. The van der Waals surface area contributed by atoms with Gasteiger partial charge in [-0.25, -0.2) is 0 Å². The number of carbonyl (C=O) groups is 2. The van der Waals surface area contributed by atoms with Crippen LogP contribution in [0.1, 0.15) is 29.0 Å². The Morgan fingerprint density at radius 1 is 1.33 bits per heavy atom. The summed E-state index contributed by atoms with van der Waals surface area (Å²) in [6.45, 7) is 2.02. The quantitative estimate of drug-likeness (QED) is 0.841. The van der Waals surface area contributed by atoms with Gasteiger partial charge in [-0.05, 0) is 56.2 Å². The minimum atomic E-state index is -0.773. The van der Waals surface area contributed by atoms with Crippen LogP contribution in [0.4, 0.5) is 0 Å². The van der Waals surface area contributed by atoms with Crippen molar-refractivity contribution in [2.45, 2.75) is 32.2 Å². The smallest absolute Gasteiger partial charge is 0.308 e. The number of aliphatic carboxylic acids is 1. The number of thiophene rings is 1. The molecule has 1 amide bonds. The first-order chi connectivity index (χ1) is 10.0. The van der Waals surface area contributed by atoms with Crippen LogP contribution in [0.25, 0.3) is 6.08 Å². The molecular formula is C16H19NO3S. The van der Waals surface area contributed by atoms with Crippen LogP contribution in [0.15, 0.2) is 18.2 Å². The lowest BCUT2D eigenvalue weighted by molar-refractivity contribution is -0.144. The lowest BCUT2D eigenvalue weighted by Gasteiger charge is -2.28. The van der Waals surface area contributed by atoms with Gasteiger partial charge in [-0.1, -0.05) is 0 Å². The van der Waals surface area contributed by atoms with Gasteiger partial charge in [-0.3, -0.25) is 9.59 Å². The maximum Gasteiger partial charge on any atom is 0.308 e. The predicted molar refractivity (Wildman–Crippen MR) is 82.0 cm³/mol. The summed E-state index contributed by atoms with van der Waals surface area (Å²) < 4.78 is 0. The summed E-state index contributed by atoms with van der Waals surface area (Å²) >= 11 is 1.63. The van der Waals surface area contributed by atoms with Crippen LogP contribution in [0.3, 0.4) is 0 Å². The molecule has 112 valence electrons. The van der Waals surface area contributed by atoms with Gasteiger partial charge in [0.25, 0.3) is 0 Å².